The molecule has 9 nitrogen and oxygen atoms in total. The van der Waals surface area contributed by atoms with Crippen LogP contribution in [0.15, 0.2) is 36.5 Å². The lowest BCUT2D eigenvalue weighted by Crippen LogP contribution is -2.42. The van der Waals surface area contributed by atoms with Crippen LogP contribution in [0.2, 0.25) is 0 Å². The van der Waals surface area contributed by atoms with Crippen molar-refractivity contribution in [3.63, 3.8) is 0 Å². The molecule has 2 saturated heterocycles. The Balaban J connectivity index is 0.000000806. The summed E-state index contributed by atoms with van der Waals surface area (Å²) < 4.78 is 7.12. The summed E-state index contributed by atoms with van der Waals surface area (Å²) in [6.45, 7) is 3.68. The van der Waals surface area contributed by atoms with E-state index in [0.717, 1.165) is 63.7 Å². The number of amides is 2. The third kappa shape index (κ3) is 4.46. The third-order valence-corrected chi connectivity index (χ3v) is 7.72. The molecule has 1 aromatic carbocycles. The van der Waals surface area contributed by atoms with Crippen molar-refractivity contribution in [1.29, 1.82) is 0 Å². The number of fused-ring (bicyclic) bond motifs is 2. The van der Waals surface area contributed by atoms with Gasteiger partial charge in [-0.3, -0.25) is 24.3 Å². The first kappa shape index (κ1) is 23.3. The largest absolute Gasteiger partial charge is 0.490 e. The van der Waals surface area contributed by atoms with Gasteiger partial charge in [0, 0.05) is 47.6 Å². The van der Waals surface area contributed by atoms with Gasteiger partial charge in [-0.1, -0.05) is 12.1 Å². The molecule has 182 valence electrons. The van der Waals surface area contributed by atoms with E-state index in [-0.39, 0.29) is 18.3 Å². The van der Waals surface area contributed by atoms with Crippen LogP contribution < -0.4 is 15.0 Å². The van der Waals surface area contributed by atoms with Crippen LogP contribution in [-0.4, -0.2) is 65.6 Å². The summed E-state index contributed by atoms with van der Waals surface area (Å²) in [5, 5.41) is 10.4. The SMILES string of the molecule is O=C1CCC(=O)N1Cc1cc2nccc(-c3cccc4c3N([C@H]3CCNC3)CCO4)c2s1.O=CO. The minimum Gasteiger partial charge on any atom is -0.490 e. The number of thiophene rings is 1. The lowest BCUT2D eigenvalue weighted by atomic mass is 10.0. The maximum absolute atomic E-state index is 12.1. The Labute approximate surface area is 206 Å². The Morgan fingerprint density at radius 1 is 1.20 bits per heavy atom. The molecule has 35 heavy (non-hydrogen) atoms. The molecule has 1 atom stereocenters. The van der Waals surface area contributed by atoms with E-state index in [1.807, 2.05) is 18.3 Å². The molecule has 0 bridgehead atoms. The van der Waals surface area contributed by atoms with Gasteiger partial charge in [-0.2, -0.15) is 0 Å². The van der Waals surface area contributed by atoms with Gasteiger partial charge in [0.15, 0.2) is 0 Å². The molecule has 3 aliphatic rings. The first-order chi connectivity index (χ1) is 17.1. The zero-order chi connectivity index (χ0) is 24.4. The number of carbonyl (C=O) groups excluding carboxylic acids is 2. The average Bonchev–Trinajstić information content (AvgIpc) is 3.61. The number of pyridine rings is 1. The van der Waals surface area contributed by atoms with Crippen LogP contribution in [0.25, 0.3) is 21.3 Å². The second-order valence-electron chi connectivity index (χ2n) is 8.61. The number of para-hydroxylation sites is 1. The molecule has 3 aliphatic heterocycles. The van der Waals surface area contributed by atoms with Gasteiger partial charge in [-0.25, -0.2) is 0 Å². The highest BCUT2D eigenvalue weighted by Crippen LogP contribution is 2.45. The number of nitrogens with one attached hydrogen (secondary N) is 1. The van der Waals surface area contributed by atoms with Crippen molar-refractivity contribution in [2.24, 2.45) is 0 Å². The lowest BCUT2D eigenvalue weighted by molar-refractivity contribution is -0.139. The number of anilines is 1. The summed E-state index contributed by atoms with van der Waals surface area (Å²) in [5.74, 6) is 0.752. The maximum Gasteiger partial charge on any atom is 0.290 e. The normalized spacial score (nSPS) is 19.4. The van der Waals surface area contributed by atoms with Crippen molar-refractivity contribution in [3.8, 4) is 16.9 Å². The molecule has 6 rings (SSSR count). The van der Waals surface area contributed by atoms with E-state index in [1.165, 1.54) is 4.90 Å². The monoisotopic (exact) mass is 494 g/mol. The number of likely N-dealkylation sites (tertiary alicyclic amines) is 1. The highest BCUT2D eigenvalue weighted by atomic mass is 32.1. The van der Waals surface area contributed by atoms with Crippen LogP contribution in [0.1, 0.15) is 24.1 Å². The zero-order valence-corrected chi connectivity index (χ0v) is 19.9. The van der Waals surface area contributed by atoms with Crippen LogP contribution in [0.4, 0.5) is 5.69 Å². The number of hydrogen-bond acceptors (Lipinski definition) is 8. The molecule has 2 N–H and O–H groups in total. The zero-order valence-electron chi connectivity index (χ0n) is 19.1. The van der Waals surface area contributed by atoms with E-state index in [0.29, 0.717) is 32.0 Å². The van der Waals surface area contributed by atoms with Crippen molar-refractivity contribution in [1.82, 2.24) is 15.2 Å². The first-order valence-electron chi connectivity index (χ1n) is 11.6. The highest BCUT2D eigenvalue weighted by molar-refractivity contribution is 7.19. The second kappa shape index (κ2) is 10.0. The number of carbonyl (C=O) groups is 3. The van der Waals surface area contributed by atoms with Crippen LogP contribution in [-0.2, 0) is 20.9 Å². The number of nitrogens with zero attached hydrogens (tertiary/aromatic N) is 3. The van der Waals surface area contributed by atoms with E-state index in [1.54, 1.807) is 11.3 Å². The molecule has 0 aliphatic carbocycles. The van der Waals surface area contributed by atoms with Crippen molar-refractivity contribution in [2.75, 3.05) is 31.1 Å². The molecule has 10 heteroatoms. The molecule has 2 aromatic heterocycles. The van der Waals surface area contributed by atoms with Crippen molar-refractivity contribution in [2.45, 2.75) is 31.8 Å². The molecule has 2 amide bonds. The molecular formula is C25H26N4O5S. The first-order valence-corrected chi connectivity index (χ1v) is 12.4. The topological polar surface area (TPSA) is 112 Å². The predicted octanol–water partition coefficient (Wildman–Crippen LogP) is 2.87. The summed E-state index contributed by atoms with van der Waals surface area (Å²) >= 11 is 1.61. The van der Waals surface area contributed by atoms with E-state index >= 15 is 0 Å². The van der Waals surface area contributed by atoms with Gasteiger partial charge in [0.25, 0.3) is 6.47 Å². The van der Waals surface area contributed by atoms with E-state index in [9.17, 15) is 9.59 Å². The Hall–Kier alpha value is -3.50. The molecule has 5 heterocycles. The Morgan fingerprint density at radius 2 is 2.00 bits per heavy atom. The fraction of sp³-hybridized carbons (Fsp3) is 0.360. The van der Waals surface area contributed by atoms with Crippen LogP contribution >= 0.6 is 11.3 Å². The Morgan fingerprint density at radius 3 is 2.74 bits per heavy atom. The summed E-state index contributed by atoms with van der Waals surface area (Å²) in [6.07, 6.45) is 3.59. The Kier molecular flexibility index (Phi) is 6.65. The van der Waals surface area contributed by atoms with E-state index < -0.39 is 0 Å². The van der Waals surface area contributed by atoms with E-state index in [4.69, 9.17) is 14.6 Å². The van der Waals surface area contributed by atoms with Crippen molar-refractivity contribution in [3.05, 3.63) is 41.4 Å². The summed E-state index contributed by atoms with van der Waals surface area (Å²) in [4.78, 5) is 41.9. The number of imide groups is 1. The molecule has 0 spiro atoms. The summed E-state index contributed by atoms with van der Waals surface area (Å²) in [6, 6.07) is 10.8. The summed E-state index contributed by atoms with van der Waals surface area (Å²) in [7, 11) is 0. The van der Waals surface area contributed by atoms with Crippen LogP contribution in [0, 0.1) is 0 Å². The third-order valence-electron chi connectivity index (χ3n) is 6.57. The highest BCUT2D eigenvalue weighted by Gasteiger charge is 2.31. The number of benzene rings is 1. The van der Waals surface area contributed by atoms with Crippen LogP contribution in [0.5, 0.6) is 5.75 Å². The molecule has 2 fully saturated rings. The molecule has 3 aromatic rings. The minimum atomic E-state index is -0.250. The second-order valence-corrected chi connectivity index (χ2v) is 9.74. The lowest BCUT2D eigenvalue weighted by Gasteiger charge is -2.37. The minimum absolute atomic E-state index is 0.0873. The molecule has 0 radical (unpaired) electrons. The quantitative estimate of drug-likeness (QED) is 0.421. The van der Waals surface area contributed by atoms with Gasteiger partial charge in [0.1, 0.15) is 12.4 Å². The number of carboxylic acid groups (broad SMARTS) is 1. The number of hydrogen-bond donors (Lipinski definition) is 2. The summed E-state index contributed by atoms with van der Waals surface area (Å²) in [5.41, 5.74) is 4.30. The average molecular weight is 495 g/mol. The number of aromatic nitrogens is 1. The van der Waals surface area contributed by atoms with Gasteiger partial charge in [0.2, 0.25) is 11.8 Å². The fourth-order valence-corrected chi connectivity index (χ4v) is 6.15. The molecular weight excluding hydrogens is 468 g/mol. The number of ether oxygens (including phenoxy) is 1. The van der Waals surface area contributed by atoms with Gasteiger partial charge in [-0.05, 0) is 31.2 Å². The van der Waals surface area contributed by atoms with Crippen molar-refractivity contribution < 1.29 is 24.2 Å². The van der Waals surface area contributed by atoms with Gasteiger partial charge in [-0.15, -0.1) is 11.3 Å². The standard InChI is InChI=1S/C24H24N4O3S.CH2O2/c29-21-4-5-22(30)28(21)14-16-12-19-24(32-16)18(7-9-26-19)17-2-1-3-20-23(17)27(10-11-31-20)15-6-8-25-13-15;2-1-3/h1-3,7,9,12,15,25H,4-6,8,10-11,13-14H2;1H,(H,2,3)/t15-;/m0./s1. The van der Waals surface area contributed by atoms with Gasteiger partial charge in [0.05, 0.1) is 29.0 Å². The maximum atomic E-state index is 12.1. The van der Waals surface area contributed by atoms with Crippen molar-refractivity contribution >= 4 is 45.5 Å². The smallest absolute Gasteiger partial charge is 0.290 e. The van der Waals surface area contributed by atoms with Crippen LogP contribution in [0.3, 0.4) is 0 Å². The molecule has 0 saturated carbocycles. The number of rotatable bonds is 4. The van der Waals surface area contributed by atoms with E-state index in [2.05, 4.69) is 33.4 Å². The fourth-order valence-electron chi connectivity index (χ4n) is 5.02. The van der Waals surface area contributed by atoms with Gasteiger partial charge < -0.3 is 20.1 Å². The Bertz CT molecular complexity index is 1250. The molecule has 0 unspecified atom stereocenters. The predicted molar refractivity (Wildman–Crippen MR) is 133 cm³/mol. The van der Waals surface area contributed by atoms with Gasteiger partial charge >= 0.3 is 0 Å².